The third-order valence-corrected chi connectivity index (χ3v) is 4.95. The summed E-state index contributed by atoms with van der Waals surface area (Å²) in [7, 11) is 3.01. The molecule has 6 heteroatoms. The predicted molar refractivity (Wildman–Crippen MR) is 97.5 cm³/mol. The van der Waals surface area contributed by atoms with Crippen LogP contribution in [0, 0.1) is 6.92 Å². The topological polar surface area (TPSA) is 65.7 Å². The lowest BCUT2D eigenvalue weighted by atomic mass is 9.97. The van der Waals surface area contributed by atoms with Gasteiger partial charge in [-0.15, -0.1) is 0 Å². The summed E-state index contributed by atoms with van der Waals surface area (Å²) in [6.07, 6.45) is 5.46. The number of esters is 1. The van der Waals surface area contributed by atoms with Gasteiger partial charge in [-0.3, -0.25) is 4.79 Å². The molecule has 4 rings (SSSR count). The van der Waals surface area contributed by atoms with Crippen molar-refractivity contribution in [1.29, 1.82) is 0 Å². The van der Waals surface area contributed by atoms with Gasteiger partial charge in [0.05, 0.1) is 26.3 Å². The highest BCUT2D eigenvalue weighted by atomic mass is 16.5. The Balaban J connectivity index is 1.92. The van der Waals surface area contributed by atoms with E-state index >= 15 is 0 Å². The van der Waals surface area contributed by atoms with Crippen molar-refractivity contribution < 1.29 is 14.3 Å². The van der Waals surface area contributed by atoms with Crippen molar-refractivity contribution in [1.82, 2.24) is 14.6 Å². The number of hydrogen-bond donors (Lipinski definition) is 0. The Labute approximate surface area is 151 Å². The fraction of sp³-hybridized carbons (Fsp3) is 0.350. The molecule has 0 aliphatic heterocycles. The average molecular weight is 351 g/mol. The molecule has 0 amide bonds. The summed E-state index contributed by atoms with van der Waals surface area (Å²) >= 11 is 0. The van der Waals surface area contributed by atoms with E-state index in [-0.39, 0.29) is 12.4 Å². The Morgan fingerprint density at radius 2 is 2.12 bits per heavy atom. The fourth-order valence-electron chi connectivity index (χ4n) is 3.66. The van der Waals surface area contributed by atoms with E-state index in [4.69, 9.17) is 14.5 Å². The molecular formula is C20H21N3O3. The first kappa shape index (κ1) is 16.6. The zero-order chi connectivity index (χ0) is 18.3. The van der Waals surface area contributed by atoms with E-state index in [0.29, 0.717) is 5.75 Å². The summed E-state index contributed by atoms with van der Waals surface area (Å²) < 4.78 is 12.1. The van der Waals surface area contributed by atoms with Crippen molar-refractivity contribution in [2.45, 2.75) is 32.6 Å². The fourth-order valence-corrected chi connectivity index (χ4v) is 3.66. The number of ether oxygens (including phenoxy) is 2. The van der Waals surface area contributed by atoms with Crippen LogP contribution in [0.5, 0.6) is 5.75 Å². The molecule has 26 heavy (non-hydrogen) atoms. The number of rotatable bonds is 4. The highest BCUT2D eigenvalue weighted by Crippen LogP contribution is 2.34. The molecule has 0 saturated carbocycles. The van der Waals surface area contributed by atoms with Crippen LogP contribution >= 0.6 is 0 Å². The maximum Gasteiger partial charge on any atom is 0.310 e. The van der Waals surface area contributed by atoms with Crippen molar-refractivity contribution in [2.24, 2.45) is 0 Å². The van der Waals surface area contributed by atoms with Crippen molar-refractivity contribution in [3.8, 4) is 16.9 Å². The molecule has 0 saturated heterocycles. The molecule has 2 heterocycles. The molecule has 3 aromatic rings. The summed E-state index contributed by atoms with van der Waals surface area (Å²) in [6, 6.07) is 5.74. The first-order chi connectivity index (χ1) is 12.6. The molecule has 1 aliphatic rings. The van der Waals surface area contributed by atoms with Crippen LogP contribution in [0.4, 0.5) is 0 Å². The number of nitrogens with zero attached hydrogens (tertiary/aromatic N) is 3. The van der Waals surface area contributed by atoms with Gasteiger partial charge in [-0.25, -0.2) is 9.50 Å². The average Bonchev–Trinajstić information content (AvgIpc) is 3.22. The lowest BCUT2D eigenvalue weighted by Gasteiger charge is -2.11. The summed E-state index contributed by atoms with van der Waals surface area (Å²) in [5, 5.41) is 4.66. The van der Waals surface area contributed by atoms with Gasteiger partial charge in [0, 0.05) is 17.5 Å². The van der Waals surface area contributed by atoms with Gasteiger partial charge < -0.3 is 9.47 Å². The van der Waals surface area contributed by atoms with Crippen LogP contribution in [0.2, 0.25) is 0 Å². The molecule has 6 nitrogen and oxygen atoms in total. The molecule has 1 aromatic carbocycles. The largest absolute Gasteiger partial charge is 0.497 e. The van der Waals surface area contributed by atoms with E-state index in [2.05, 4.69) is 11.3 Å². The third kappa shape index (κ3) is 2.71. The molecule has 0 N–H and O–H groups in total. The van der Waals surface area contributed by atoms with E-state index in [1.807, 2.05) is 29.6 Å². The van der Waals surface area contributed by atoms with Crippen molar-refractivity contribution >= 4 is 11.6 Å². The van der Waals surface area contributed by atoms with Gasteiger partial charge in [0.25, 0.3) is 0 Å². The van der Waals surface area contributed by atoms with Crippen LogP contribution in [-0.4, -0.2) is 34.8 Å². The van der Waals surface area contributed by atoms with Gasteiger partial charge in [-0.2, -0.15) is 5.10 Å². The number of benzene rings is 1. The molecule has 0 radical (unpaired) electrons. The van der Waals surface area contributed by atoms with Crippen LogP contribution < -0.4 is 4.74 Å². The van der Waals surface area contributed by atoms with Gasteiger partial charge in [0.2, 0.25) is 0 Å². The van der Waals surface area contributed by atoms with Gasteiger partial charge in [-0.05, 0) is 55.0 Å². The van der Waals surface area contributed by atoms with E-state index in [1.54, 1.807) is 7.11 Å². The Hall–Kier alpha value is -2.89. The number of aromatic nitrogens is 3. The number of methoxy groups -OCH3 is 2. The minimum absolute atomic E-state index is 0.171. The van der Waals surface area contributed by atoms with Crippen LogP contribution in [-0.2, 0) is 28.8 Å². The van der Waals surface area contributed by atoms with Gasteiger partial charge in [0.15, 0.2) is 5.65 Å². The normalized spacial score (nSPS) is 13.0. The number of fused-ring (bicyclic) bond motifs is 2. The van der Waals surface area contributed by atoms with Crippen LogP contribution in [0.25, 0.3) is 16.8 Å². The van der Waals surface area contributed by atoms with Crippen molar-refractivity contribution in [3.63, 3.8) is 0 Å². The Morgan fingerprint density at radius 1 is 1.27 bits per heavy atom. The summed E-state index contributed by atoms with van der Waals surface area (Å²) in [6.45, 7) is 1.97. The predicted octanol–water partition coefficient (Wildman–Crippen LogP) is 2.92. The van der Waals surface area contributed by atoms with Gasteiger partial charge >= 0.3 is 5.97 Å². The molecule has 0 bridgehead atoms. The Morgan fingerprint density at radius 3 is 2.88 bits per heavy atom. The molecule has 2 aromatic heterocycles. The SMILES string of the molecule is COC(=O)Cc1cc(OC)ccc1-c1c(C)nn2cc3c(nc12)CCC3. The number of carbonyl (C=O) groups excluding carboxylic acids is 1. The van der Waals surface area contributed by atoms with Crippen molar-refractivity contribution in [2.75, 3.05) is 14.2 Å². The van der Waals surface area contributed by atoms with Crippen LogP contribution in [0.1, 0.15) is 28.9 Å². The second-order valence-corrected chi connectivity index (χ2v) is 6.57. The first-order valence-electron chi connectivity index (χ1n) is 8.72. The molecular weight excluding hydrogens is 330 g/mol. The highest BCUT2D eigenvalue weighted by Gasteiger charge is 2.21. The maximum atomic E-state index is 11.9. The Bertz CT molecular complexity index is 1010. The third-order valence-electron chi connectivity index (χ3n) is 4.95. The lowest BCUT2D eigenvalue weighted by Crippen LogP contribution is -2.06. The summed E-state index contributed by atoms with van der Waals surface area (Å²) in [5.41, 5.74) is 6.89. The molecule has 0 spiro atoms. The monoisotopic (exact) mass is 351 g/mol. The van der Waals surface area contributed by atoms with E-state index in [0.717, 1.165) is 53.0 Å². The maximum absolute atomic E-state index is 11.9. The highest BCUT2D eigenvalue weighted by molar-refractivity contribution is 5.85. The molecule has 0 atom stereocenters. The van der Waals surface area contributed by atoms with Gasteiger partial charge in [-0.1, -0.05) is 6.07 Å². The van der Waals surface area contributed by atoms with Gasteiger partial charge in [0.1, 0.15) is 5.75 Å². The minimum Gasteiger partial charge on any atom is -0.497 e. The summed E-state index contributed by atoms with van der Waals surface area (Å²) in [5.74, 6) is 0.415. The zero-order valence-corrected chi connectivity index (χ0v) is 15.2. The Kier molecular flexibility index (Phi) is 4.11. The standard InChI is InChI=1S/C20H21N3O3/c1-12-19(20-21-17-6-4-5-13(17)11-23(20)22-12)16-8-7-15(25-2)9-14(16)10-18(24)26-3/h7-9,11H,4-6,10H2,1-3H3. The van der Waals surface area contributed by atoms with Crippen molar-refractivity contribution in [3.05, 3.63) is 46.9 Å². The smallest absolute Gasteiger partial charge is 0.310 e. The summed E-state index contributed by atoms with van der Waals surface area (Å²) in [4.78, 5) is 16.8. The quantitative estimate of drug-likeness (QED) is 0.676. The van der Waals surface area contributed by atoms with E-state index < -0.39 is 0 Å². The molecule has 134 valence electrons. The molecule has 0 unspecified atom stereocenters. The lowest BCUT2D eigenvalue weighted by molar-refractivity contribution is -0.139. The van der Waals surface area contributed by atoms with E-state index in [9.17, 15) is 4.79 Å². The first-order valence-corrected chi connectivity index (χ1v) is 8.72. The zero-order valence-electron chi connectivity index (χ0n) is 15.2. The molecule has 0 fully saturated rings. The van der Waals surface area contributed by atoms with Crippen LogP contribution in [0.3, 0.4) is 0 Å². The number of aryl methyl sites for hydroxylation is 3. The van der Waals surface area contributed by atoms with E-state index in [1.165, 1.54) is 12.7 Å². The minimum atomic E-state index is -0.289. The number of carbonyl (C=O) groups is 1. The second-order valence-electron chi connectivity index (χ2n) is 6.57. The second kappa shape index (κ2) is 6.44. The van der Waals surface area contributed by atoms with Crippen LogP contribution in [0.15, 0.2) is 24.4 Å². The number of hydrogen-bond acceptors (Lipinski definition) is 5. The molecule has 1 aliphatic carbocycles.